The van der Waals surface area contributed by atoms with Crippen LogP contribution < -0.4 is 5.32 Å². The Morgan fingerprint density at radius 3 is 2.70 bits per heavy atom. The summed E-state index contributed by atoms with van der Waals surface area (Å²) in [6.07, 6.45) is 1.80. The average Bonchev–Trinajstić information content (AvgIpc) is 3.01. The van der Waals surface area contributed by atoms with Crippen molar-refractivity contribution in [1.29, 1.82) is 0 Å². The number of rotatable bonds is 5. The van der Waals surface area contributed by atoms with E-state index in [0.29, 0.717) is 6.54 Å². The van der Waals surface area contributed by atoms with Crippen LogP contribution in [-0.4, -0.2) is 29.0 Å². The zero-order chi connectivity index (χ0) is 14.4. The molecule has 0 unspecified atom stereocenters. The van der Waals surface area contributed by atoms with Gasteiger partial charge in [0.1, 0.15) is 5.01 Å². The van der Waals surface area contributed by atoms with Crippen LogP contribution in [0, 0.1) is 0 Å². The third-order valence-corrected chi connectivity index (χ3v) is 3.97. The summed E-state index contributed by atoms with van der Waals surface area (Å²) in [4.78, 5) is 18.1. The Kier molecular flexibility index (Phi) is 5.12. The zero-order valence-corrected chi connectivity index (χ0v) is 12.6. The van der Waals surface area contributed by atoms with Gasteiger partial charge in [0.2, 0.25) is 0 Å². The van der Waals surface area contributed by atoms with Crippen LogP contribution in [0.3, 0.4) is 0 Å². The molecule has 0 aliphatic heterocycles. The Balaban J connectivity index is 2.09. The van der Waals surface area contributed by atoms with Gasteiger partial charge in [0.25, 0.3) is 0 Å². The minimum absolute atomic E-state index is 0.0241. The number of thiazole rings is 1. The summed E-state index contributed by atoms with van der Waals surface area (Å²) in [5.41, 5.74) is 2.17. The van der Waals surface area contributed by atoms with E-state index in [0.717, 1.165) is 29.2 Å². The number of carbonyl (C=O) groups excluding carboxylic acids is 1. The van der Waals surface area contributed by atoms with Gasteiger partial charge in [-0.1, -0.05) is 24.3 Å². The number of nitrogens with one attached hydrogen (secondary N) is 1. The summed E-state index contributed by atoms with van der Waals surface area (Å²) < 4.78 is 0. The molecule has 1 heterocycles. The van der Waals surface area contributed by atoms with Gasteiger partial charge in [-0.2, -0.15) is 0 Å². The maximum absolute atomic E-state index is 12.0. The van der Waals surface area contributed by atoms with Gasteiger partial charge in [-0.25, -0.2) is 9.78 Å². The number of aromatic nitrogens is 1. The molecule has 0 aliphatic rings. The molecule has 1 aromatic heterocycles. The van der Waals surface area contributed by atoms with Crippen LogP contribution in [0.5, 0.6) is 0 Å². The highest BCUT2D eigenvalue weighted by Crippen LogP contribution is 2.25. The summed E-state index contributed by atoms with van der Waals surface area (Å²) in [6, 6.07) is 8.02. The number of carbonyl (C=O) groups is 1. The van der Waals surface area contributed by atoms with Gasteiger partial charge in [0.15, 0.2) is 0 Å². The lowest BCUT2D eigenvalue weighted by atomic mass is 10.1. The van der Waals surface area contributed by atoms with Crippen LogP contribution in [0.1, 0.15) is 19.4 Å². The van der Waals surface area contributed by atoms with E-state index in [-0.39, 0.29) is 6.03 Å². The Morgan fingerprint density at radius 1 is 1.30 bits per heavy atom. The second-order valence-electron chi connectivity index (χ2n) is 4.33. The number of hydrogen-bond acceptors (Lipinski definition) is 3. The molecule has 2 aromatic rings. The summed E-state index contributed by atoms with van der Waals surface area (Å²) in [5, 5.41) is 5.91. The molecule has 2 rings (SSSR count). The first-order valence-electron chi connectivity index (χ1n) is 6.76. The molecule has 0 bridgehead atoms. The van der Waals surface area contributed by atoms with Crippen LogP contribution in [-0.2, 0) is 6.54 Å². The Morgan fingerprint density at radius 2 is 2.05 bits per heavy atom. The number of amides is 2. The van der Waals surface area contributed by atoms with Gasteiger partial charge in [0, 0.05) is 36.8 Å². The van der Waals surface area contributed by atoms with Crippen LogP contribution in [0.15, 0.2) is 35.8 Å². The van der Waals surface area contributed by atoms with E-state index in [1.807, 2.05) is 43.5 Å². The lowest BCUT2D eigenvalue weighted by molar-refractivity contribution is 0.203. The van der Waals surface area contributed by atoms with Crippen LogP contribution in [0.25, 0.3) is 10.6 Å². The molecule has 0 fully saturated rings. The molecule has 20 heavy (non-hydrogen) atoms. The topological polar surface area (TPSA) is 45.2 Å². The largest absolute Gasteiger partial charge is 0.334 e. The van der Waals surface area contributed by atoms with Crippen molar-refractivity contribution < 1.29 is 4.79 Å². The minimum atomic E-state index is -0.0241. The van der Waals surface area contributed by atoms with E-state index < -0.39 is 0 Å². The predicted octanol–water partition coefficient (Wildman–Crippen LogP) is 3.36. The lowest BCUT2D eigenvalue weighted by Crippen LogP contribution is -2.39. The monoisotopic (exact) mass is 289 g/mol. The van der Waals surface area contributed by atoms with Gasteiger partial charge in [-0.15, -0.1) is 11.3 Å². The summed E-state index contributed by atoms with van der Waals surface area (Å²) >= 11 is 1.61. The summed E-state index contributed by atoms with van der Waals surface area (Å²) in [5.74, 6) is 0. The highest BCUT2D eigenvalue weighted by molar-refractivity contribution is 7.13. The van der Waals surface area contributed by atoms with Crippen molar-refractivity contribution >= 4 is 17.4 Å². The van der Waals surface area contributed by atoms with E-state index >= 15 is 0 Å². The van der Waals surface area contributed by atoms with Gasteiger partial charge in [-0.3, -0.25) is 0 Å². The standard InChI is InChI=1S/C15H19N3OS/c1-3-18(4-2)15(19)17-11-12-7-5-6-8-13(12)14-16-9-10-20-14/h5-10H,3-4,11H2,1-2H3,(H,17,19). The van der Waals surface area contributed by atoms with E-state index in [1.165, 1.54) is 0 Å². The highest BCUT2D eigenvalue weighted by atomic mass is 32.1. The number of urea groups is 1. The molecule has 106 valence electrons. The third-order valence-electron chi connectivity index (χ3n) is 3.16. The first kappa shape index (κ1) is 14.5. The number of nitrogens with zero attached hydrogens (tertiary/aromatic N) is 2. The Labute approximate surface area is 123 Å². The SMILES string of the molecule is CCN(CC)C(=O)NCc1ccccc1-c1nccs1. The smallest absolute Gasteiger partial charge is 0.317 e. The molecule has 0 atom stereocenters. The van der Waals surface area contributed by atoms with Crippen molar-refractivity contribution in [2.45, 2.75) is 20.4 Å². The van der Waals surface area contributed by atoms with Crippen LogP contribution in [0.4, 0.5) is 4.79 Å². The zero-order valence-electron chi connectivity index (χ0n) is 11.8. The third kappa shape index (κ3) is 3.36. The molecular formula is C15H19N3OS. The van der Waals surface area contributed by atoms with Crippen molar-refractivity contribution in [3.05, 3.63) is 41.4 Å². The maximum atomic E-state index is 12.0. The van der Waals surface area contributed by atoms with E-state index in [4.69, 9.17) is 0 Å². The second-order valence-corrected chi connectivity index (χ2v) is 5.22. The number of hydrogen-bond donors (Lipinski definition) is 1. The van der Waals surface area contributed by atoms with E-state index in [2.05, 4.69) is 10.3 Å². The summed E-state index contributed by atoms with van der Waals surface area (Å²) in [6.45, 7) is 5.91. The molecule has 5 heteroatoms. The Hall–Kier alpha value is -1.88. The molecule has 0 aliphatic carbocycles. The van der Waals surface area contributed by atoms with Crippen molar-refractivity contribution in [1.82, 2.24) is 15.2 Å². The fourth-order valence-electron chi connectivity index (χ4n) is 2.03. The molecule has 2 amide bonds. The highest BCUT2D eigenvalue weighted by Gasteiger charge is 2.11. The van der Waals surface area contributed by atoms with Crippen molar-refractivity contribution in [3.63, 3.8) is 0 Å². The first-order chi connectivity index (χ1) is 9.76. The normalized spacial score (nSPS) is 10.3. The molecule has 0 saturated heterocycles. The molecule has 0 radical (unpaired) electrons. The fourth-order valence-corrected chi connectivity index (χ4v) is 2.73. The first-order valence-corrected chi connectivity index (χ1v) is 7.64. The van der Waals surface area contributed by atoms with Crippen molar-refractivity contribution in [2.75, 3.05) is 13.1 Å². The van der Waals surface area contributed by atoms with Gasteiger partial charge in [0.05, 0.1) is 0 Å². The van der Waals surface area contributed by atoms with Gasteiger partial charge >= 0.3 is 6.03 Å². The van der Waals surface area contributed by atoms with Crippen LogP contribution in [0.2, 0.25) is 0 Å². The van der Waals surface area contributed by atoms with Crippen LogP contribution >= 0.6 is 11.3 Å². The van der Waals surface area contributed by atoms with E-state index in [9.17, 15) is 4.79 Å². The Bertz CT molecular complexity index is 550. The second kappa shape index (κ2) is 7.05. The van der Waals surface area contributed by atoms with Gasteiger partial charge in [-0.05, 0) is 19.4 Å². The van der Waals surface area contributed by atoms with Crippen molar-refractivity contribution in [3.8, 4) is 10.6 Å². The number of benzene rings is 1. The molecule has 4 nitrogen and oxygen atoms in total. The maximum Gasteiger partial charge on any atom is 0.317 e. The van der Waals surface area contributed by atoms with Gasteiger partial charge < -0.3 is 10.2 Å². The quantitative estimate of drug-likeness (QED) is 0.917. The summed E-state index contributed by atoms with van der Waals surface area (Å²) in [7, 11) is 0. The molecular weight excluding hydrogens is 270 g/mol. The van der Waals surface area contributed by atoms with Crippen molar-refractivity contribution in [2.24, 2.45) is 0 Å². The fraction of sp³-hybridized carbons (Fsp3) is 0.333. The predicted molar refractivity (Wildman–Crippen MR) is 82.7 cm³/mol. The molecule has 0 saturated carbocycles. The average molecular weight is 289 g/mol. The minimum Gasteiger partial charge on any atom is -0.334 e. The lowest BCUT2D eigenvalue weighted by Gasteiger charge is -2.19. The van der Waals surface area contributed by atoms with E-state index in [1.54, 1.807) is 22.4 Å². The molecule has 1 aromatic carbocycles. The molecule has 0 spiro atoms. The molecule has 1 N–H and O–H groups in total.